The maximum atomic E-state index is 13.6. The van der Waals surface area contributed by atoms with E-state index in [-0.39, 0.29) is 17.9 Å². The lowest BCUT2D eigenvalue weighted by molar-refractivity contribution is 0.0598. The highest BCUT2D eigenvalue weighted by Gasteiger charge is 2.22. The third kappa shape index (κ3) is 6.68. The number of nitrogens with zero attached hydrogens (tertiary/aromatic N) is 5. The van der Waals surface area contributed by atoms with Gasteiger partial charge in [0.1, 0.15) is 11.6 Å². The van der Waals surface area contributed by atoms with Gasteiger partial charge in [-0.3, -0.25) is 19.3 Å². The summed E-state index contributed by atoms with van der Waals surface area (Å²) in [7, 11) is 3.12. The molecule has 0 saturated carbocycles. The molecule has 0 radical (unpaired) electrons. The van der Waals surface area contributed by atoms with Crippen LogP contribution in [0.25, 0.3) is 22.0 Å². The van der Waals surface area contributed by atoms with E-state index in [0.717, 1.165) is 24.0 Å². The predicted octanol–water partition coefficient (Wildman–Crippen LogP) is 5.22. The Morgan fingerprint density at radius 3 is 2.38 bits per heavy atom. The number of Topliss-reactive ketones (excluding diaryl/α,β-unsaturated/α-hetero) is 1. The largest absolute Gasteiger partial charge is 0.493 e. The van der Waals surface area contributed by atoms with Crippen molar-refractivity contribution in [2.75, 3.05) is 27.4 Å². The first-order chi connectivity index (χ1) is 21.9. The van der Waals surface area contributed by atoms with Gasteiger partial charge in [-0.05, 0) is 43.4 Å². The van der Waals surface area contributed by atoms with Gasteiger partial charge in [0.05, 0.1) is 38.6 Å². The number of aryl methyl sites for hydroxylation is 1. The van der Waals surface area contributed by atoms with E-state index in [1.807, 2.05) is 31.2 Å². The average Bonchev–Trinajstić information content (AvgIpc) is 3.06. The number of aromatic nitrogens is 5. The van der Waals surface area contributed by atoms with Gasteiger partial charge in [-0.1, -0.05) is 29.8 Å². The number of ketones is 1. The Hall–Kier alpha value is -5.16. The maximum absolute atomic E-state index is 13.6. The van der Waals surface area contributed by atoms with Gasteiger partial charge in [0.2, 0.25) is 5.43 Å². The summed E-state index contributed by atoms with van der Waals surface area (Å²) < 4.78 is 24.1. The number of carbonyl (C=O) groups is 1. The van der Waals surface area contributed by atoms with E-state index in [0.29, 0.717) is 65.1 Å². The summed E-state index contributed by atoms with van der Waals surface area (Å²) in [5.41, 5.74) is 2.37. The molecule has 2 aromatic carbocycles. The molecule has 1 saturated heterocycles. The summed E-state index contributed by atoms with van der Waals surface area (Å²) in [4.78, 5) is 40.2. The second-order valence-electron chi connectivity index (χ2n) is 10.9. The molecule has 1 aliphatic heterocycles. The third-order valence-electron chi connectivity index (χ3n) is 7.81. The zero-order chi connectivity index (χ0) is 31.3. The monoisotopic (exact) mass is 607 g/mol. The Morgan fingerprint density at radius 1 is 0.956 bits per heavy atom. The van der Waals surface area contributed by atoms with E-state index in [4.69, 9.17) is 18.9 Å². The van der Waals surface area contributed by atoms with Crippen LogP contribution in [-0.4, -0.2) is 57.9 Å². The van der Waals surface area contributed by atoms with E-state index < -0.39 is 11.2 Å². The molecule has 0 N–H and O–H groups in total. The van der Waals surface area contributed by atoms with Crippen molar-refractivity contribution in [3.8, 4) is 34.1 Å². The Bertz CT molecular complexity index is 1880. The number of benzene rings is 2. The highest BCUT2D eigenvalue weighted by molar-refractivity contribution is 5.96. The van der Waals surface area contributed by atoms with Crippen LogP contribution in [0, 0.1) is 12.8 Å². The molecule has 0 bridgehead atoms. The van der Waals surface area contributed by atoms with Crippen molar-refractivity contribution < 1.29 is 23.7 Å². The molecule has 11 heteroatoms. The molecule has 1 fully saturated rings. The first kappa shape index (κ1) is 29.9. The van der Waals surface area contributed by atoms with Crippen LogP contribution in [0.3, 0.4) is 0 Å². The number of rotatable bonds is 10. The summed E-state index contributed by atoms with van der Waals surface area (Å²) in [6.45, 7) is 3.96. The molecule has 0 spiro atoms. The number of fused-ring (bicyclic) bond motifs is 1. The van der Waals surface area contributed by atoms with Gasteiger partial charge >= 0.3 is 0 Å². The van der Waals surface area contributed by atoms with Crippen LogP contribution in [-0.2, 0) is 17.7 Å². The number of methoxy groups -OCH3 is 2. The quantitative estimate of drug-likeness (QED) is 0.195. The minimum atomic E-state index is -0.454. The molecule has 11 nitrogen and oxygen atoms in total. The minimum absolute atomic E-state index is 0.128. The fourth-order valence-corrected chi connectivity index (χ4v) is 5.32. The van der Waals surface area contributed by atoms with Crippen molar-refractivity contribution in [3.63, 3.8) is 0 Å². The highest BCUT2D eigenvalue weighted by Crippen LogP contribution is 2.36. The van der Waals surface area contributed by atoms with Gasteiger partial charge in [0.15, 0.2) is 28.7 Å². The van der Waals surface area contributed by atoms with Gasteiger partial charge < -0.3 is 18.9 Å². The zero-order valence-electron chi connectivity index (χ0n) is 25.4. The van der Waals surface area contributed by atoms with Gasteiger partial charge in [-0.15, -0.1) is 0 Å². The molecule has 6 rings (SSSR count). The molecule has 0 amide bonds. The summed E-state index contributed by atoms with van der Waals surface area (Å²) >= 11 is 0. The Morgan fingerprint density at radius 2 is 1.67 bits per heavy atom. The van der Waals surface area contributed by atoms with Crippen molar-refractivity contribution in [2.45, 2.75) is 32.7 Å². The van der Waals surface area contributed by atoms with E-state index in [1.165, 1.54) is 12.4 Å². The Balaban J connectivity index is 1.24. The predicted molar refractivity (Wildman–Crippen MR) is 167 cm³/mol. The lowest BCUT2D eigenvalue weighted by atomic mass is 10.00. The van der Waals surface area contributed by atoms with Gasteiger partial charge in [-0.25, -0.2) is 9.97 Å². The van der Waals surface area contributed by atoms with Crippen LogP contribution in [0.4, 0.5) is 0 Å². The fourth-order valence-electron chi connectivity index (χ4n) is 5.32. The van der Waals surface area contributed by atoms with Gasteiger partial charge in [0.25, 0.3) is 0 Å². The van der Waals surface area contributed by atoms with E-state index >= 15 is 0 Å². The molecule has 3 aromatic heterocycles. The van der Waals surface area contributed by atoms with Crippen LogP contribution in [0.1, 0.15) is 34.7 Å². The highest BCUT2D eigenvalue weighted by atomic mass is 16.5. The number of hydrogen-bond donors (Lipinski definition) is 0. The molecule has 0 aliphatic carbocycles. The number of hydrogen-bond acceptors (Lipinski definition) is 10. The van der Waals surface area contributed by atoms with Crippen molar-refractivity contribution in [2.24, 2.45) is 5.92 Å². The van der Waals surface area contributed by atoms with Crippen molar-refractivity contribution >= 4 is 16.7 Å². The summed E-state index contributed by atoms with van der Waals surface area (Å²) in [5, 5.41) is 5.22. The topological polar surface area (TPSA) is 128 Å². The molecule has 0 atom stereocenters. The SMILES string of the molecule is COc1cc2nccc(Oc3cnc(CC(=O)c4nn(CC5CCOCC5)cc(-c5ccc(C)cc5)c4=O)nc3)c2cc1OC. The second kappa shape index (κ2) is 13.2. The Labute approximate surface area is 259 Å². The van der Waals surface area contributed by atoms with Crippen LogP contribution in [0.5, 0.6) is 23.0 Å². The molecule has 5 aromatic rings. The summed E-state index contributed by atoms with van der Waals surface area (Å²) in [5.74, 6) is 2.13. The van der Waals surface area contributed by atoms with E-state index in [2.05, 4.69) is 20.1 Å². The molecular formula is C34H33N5O6. The minimum Gasteiger partial charge on any atom is -0.493 e. The number of carbonyl (C=O) groups excluding carboxylic acids is 1. The van der Waals surface area contributed by atoms with Crippen LogP contribution in [0.2, 0.25) is 0 Å². The standard InChI is InChI=1S/C34H33N5O6/c1-21-4-6-23(7-5-21)26-20-39(19-22-9-12-44-13-10-22)38-33(34(26)41)28(40)16-32-36-17-24(18-37-32)45-29-8-11-35-27-15-31(43-3)30(42-2)14-25(27)29/h4-8,11,14-15,17-18,20,22H,9-10,12-13,16,19H2,1-3H3. The van der Waals surface area contributed by atoms with Crippen molar-refractivity contribution in [1.29, 1.82) is 0 Å². The lowest BCUT2D eigenvalue weighted by Gasteiger charge is -2.23. The van der Waals surface area contributed by atoms with Gasteiger partial charge in [0, 0.05) is 49.2 Å². The van der Waals surface area contributed by atoms with Crippen LogP contribution < -0.4 is 19.6 Å². The zero-order valence-corrected chi connectivity index (χ0v) is 25.4. The van der Waals surface area contributed by atoms with Crippen molar-refractivity contribution in [1.82, 2.24) is 24.7 Å². The summed E-state index contributed by atoms with van der Waals surface area (Å²) in [6, 6.07) is 12.9. The third-order valence-corrected chi connectivity index (χ3v) is 7.81. The Kier molecular flexibility index (Phi) is 8.79. The number of ether oxygens (including phenoxy) is 4. The van der Waals surface area contributed by atoms with Crippen molar-refractivity contribution in [3.05, 3.63) is 94.6 Å². The molecule has 45 heavy (non-hydrogen) atoms. The molecule has 230 valence electrons. The van der Waals surface area contributed by atoms with Crippen LogP contribution >= 0.6 is 0 Å². The maximum Gasteiger partial charge on any atom is 0.219 e. The van der Waals surface area contributed by atoms with Gasteiger partial charge in [-0.2, -0.15) is 5.10 Å². The van der Waals surface area contributed by atoms with Crippen LogP contribution in [0.15, 0.2) is 72.0 Å². The molecule has 1 aliphatic rings. The smallest absolute Gasteiger partial charge is 0.219 e. The molecular weight excluding hydrogens is 574 g/mol. The first-order valence-corrected chi connectivity index (χ1v) is 14.7. The fraction of sp³-hybridized carbons (Fsp3) is 0.294. The second-order valence-corrected chi connectivity index (χ2v) is 10.9. The van der Waals surface area contributed by atoms with E-state index in [1.54, 1.807) is 49.5 Å². The first-order valence-electron chi connectivity index (χ1n) is 14.7. The molecule has 4 heterocycles. The number of pyridine rings is 1. The van der Waals surface area contributed by atoms with E-state index in [9.17, 15) is 9.59 Å². The average molecular weight is 608 g/mol. The lowest BCUT2D eigenvalue weighted by Crippen LogP contribution is -2.28. The molecule has 0 unspecified atom stereocenters. The normalized spacial score (nSPS) is 13.5. The summed E-state index contributed by atoms with van der Waals surface area (Å²) in [6.07, 6.45) is 7.96.